The lowest BCUT2D eigenvalue weighted by Crippen LogP contribution is -2.48. The first-order valence-electron chi connectivity index (χ1n) is 13.5. The number of alkyl halides is 3. The molecule has 1 aliphatic heterocycles. The Kier molecular flexibility index (Phi) is 12.1. The van der Waals surface area contributed by atoms with Crippen LogP contribution in [0.25, 0.3) is 0 Å². The molecule has 1 fully saturated rings. The van der Waals surface area contributed by atoms with Crippen LogP contribution in [0, 0.1) is 5.92 Å². The van der Waals surface area contributed by atoms with E-state index in [0.717, 1.165) is 49.8 Å². The van der Waals surface area contributed by atoms with Crippen LogP contribution >= 0.6 is 11.8 Å². The molecule has 1 heterocycles. The summed E-state index contributed by atoms with van der Waals surface area (Å²) in [5.41, 5.74) is -5.68. The molecule has 1 unspecified atom stereocenters. The number of benzene rings is 2. The van der Waals surface area contributed by atoms with E-state index >= 15 is 0 Å². The van der Waals surface area contributed by atoms with Crippen molar-refractivity contribution >= 4 is 31.6 Å². The molecule has 0 aliphatic carbocycles. The van der Waals surface area contributed by atoms with Crippen LogP contribution in [-0.4, -0.2) is 89.9 Å². The van der Waals surface area contributed by atoms with Crippen LogP contribution in [0.4, 0.5) is 13.2 Å². The summed E-state index contributed by atoms with van der Waals surface area (Å²) in [7, 11) is -10.2. The lowest BCUT2D eigenvalue weighted by atomic mass is 9.97. The first-order chi connectivity index (χ1) is 19.2. The predicted molar refractivity (Wildman–Crippen MR) is 154 cm³/mol. The number of morpholine rings is 1. The van der Waals surface area contributed by atoms with Crippen LogP contribution in [-0.2, 0) is 31.0 Å². The quantitative estimate of drug-likeness (QED) is 0.310. The predicted octanol–water partition coefficient (Wildman–Crippen LogP) is 4.01. The third-order valence-corrected chi connectivity index (χ3v) is 10.9. The molecule has 0 spiro atoms. The minimum atomic E-state index is -5.82. The molecule has 0 radical (unpaired) electrons. The standard InChI is InChI=1S/C27H38F3N3O5S3/c1-3-32(4-2)18-23-19-33(14-15-38-23)13-12-21(20-39-24-8-6-5-7-9-24)16-22-10-11-25(41(31,36)37)17-26(22)40(34,35)27(28,29)30/h5-11,17,21,23H,3-4,12-16,18-20H2,1-2H3,(H2,31,36,37)/t21-,23?/m0/s1. The first-order valence-corrected chi connectivity index (χ1v) is 17.5. The highest BCUT2D eigenvalue weighted by Crippen LogP contribution is 2.35. The van der Waals surface area contributed by atoms with E-state index in [4.69, 9.17) is 9.88 Å². The zero-order valence-electron chi connectivity index (χ0n) is 23.2. The van der Waals surface area contributed by atoms with Crippen molar-refractivity contribution in [3.63, 3.8) is 0 Å². The largest absolute Gasteiger partial charge is 0.501 e. The van der Waals surface area contributed by atoms with Crippen LogP contribution in [0.5, 0.6) is 0 Å². The molecule has 0 aromatic heterocycles. The van der Waals surface area contributed by atoms with Crippen LogP contribution < -0.4 is 5.14 Å². The minimum absolute atomic E-state index is 0.0165. The lowest BCUT2D eigenvalue weighted by molar-refractivity contribution is -0.0436. The molecule has 1 saturated heterocycles. The van der Waals surface area contributed by atoms with Gasteiger partial charge in [-0.25, -0.2) is 22.0 Å². The number of sulfonamides is 1. The van der Waals surface area contributed by atoms with Crippen LogP contribution in [0.15, 0.2) is 63.2 Å². The lowest BCUT2D eigenvalue weighted by Gasteiger charge is -2.36. The maximum atomic E-state index is 13.6. The Hall–Kier alpha value is -1.68. The number of nitrogens with two attached hydrogens (primary N) is 1. The highest BCUT2D eigenvalue weighted by molar-refractivity contribution is 7.99. The van der Waals surface area contributed by atoms with E-state index in [2.05, 4.69) is 23.6 Å². The average molecular weight is 638 g/mol. The molecule has 0 saturated carbocycles. The number of halogens is 3. The minimum Gasteiger partial charge on any atom is -0.374 e. The Balaban J connectivity index is 1.85. The van der Waals surface area contributed by atoms with E-state index in [9.17, 15) is 30.0 Å². The summed E-state index contributed by atoms with van der Waals surface area (Å²) in [6, 6.07) is 12.2. The smallest absolute Gasteiger partial charge is 0.374 e. The van der Waals surface area contributed by atoms with E-state index < -0.39 is 35.2 Å². The second-order valence-electron chi connectivity index (χ2n) is 10.0. The van der Waals surface area contributed by atoms with Gasteiger partial charge in [0.2, 0.25) is 10.0 Å². The average Bonchev–Trinajstić information content (AvgIpc) is 2.92. The highest BCUT2D eigenvalue weighted by Gasteiger charge is 2.48. The number of hydrogen-bond donors (Lipinski definition) is 1. The van der Waals surface area contributed by atoms with Crippen molar-refractivity contribution in [1.82, 2.24) is 9.80 Å². The Morgan fingerprint density at radius 1 is 1.10 bits per heavy atom. The number of nitrogens with zero attached hydrogens (tertiary/aromatic N) is 2. The van der Waals surface area contributed by atoms with Gasteiger partial charge in [-0.3, -0.25) is 4.90 Å². The third-order valence-electron chi connectivity index (χ3n) is 7.13. The van der Waals surface area contributed by atoms with Crippen LogP contribution in [0.1, 0.15) is 25.8 Å². The summed E-state index contributed by atoms with van der Waals surface area (Å²) in [4.78, 5) is 3.79. The SMILES string of the molecule is CCN(CC)CC1CN(CC[C@H](CSc2ccccc2)Cc2ccc(S(N)(=O)=O)cc2S(=O)(=O)C(F)(F)F)CCO1. The van der Waals surface area contributed by atoms with Crippen molar-refractivity contribution in [3.05, 3.63) is 54.1 Å². The number of hydrogen-bond acceptors (Lipinski definition) is 8. The van der Waals surface area contributed by atoms with E-state index in [1.807, 2.05) is 30.3 Å². The van der Waals surface area contributed by atoms with Crippen molar-refractivity contribution in [3.8, 4) is 0 Å². The fourth-order valence-electron chi connectivity index (χ4n) is 4.77. The molecular formula is C27H38F3N3O5S3. The monoisotopic (exact) mass is 637 g/mol. The molecule has 0 bridgehead atoms. The van der Waals surface area contributed by atoms with E-state index in [1.54, 1.807) is 0 Å². The normalized spacial score (nSPS) is 18.1. The molecule has 230 valence electrons. The van der Waals surface area contributed by atoms with Gasteiger partial charge in [0.15, 0.2) is 0 Å². The Bertz CT molecular complexity index is 1340. The van der Waals surface area contributed by atoms with Gasteiger partial charge in [-0.15, -0.1) is 11.8 Å². The van der Waals surface area contributed by atoms with E-state index in [1.165, 1.54) is 11.8 Å². The second kappa shape index (κ2) is 14.7. The fraction of sp³-hybridized carbons (Fsp3) is 0.556. The molecule has 2 aromatic rings. The van der Waals surface area contributed by atoms with Crippen molar-refractivity contribution < 1.29 is 34.7 Å². The Morgan fingerprint density at radius 2 is 1.78 bits per heavy atom. The number of thioether (sulfide) groups is 1. The zero-order chi connectivity index (χ0) is 30.3. The van der Waals surface area contributed by atoms with Crippen molar-refractivity contribution in [2.75, 3.05) is 51.6 Å². The molecule has 2 aromatic carbocycles. The zero-order valence-corrected chi connectivity index (χ0v) is 25.7. The summed E-state index contributed by atoms with van der Waals surface area (Å²) in [6.45, 7) is 9.55. The Labute approximate surface area is 245 Å². The molecular weight excluding hydrogens is 600 g/mol. The number of primary sulfonamides is 1. The van der Waals surface area contributed by atoms with Gasteiger partial charge in [-0.05, 0) is 68.2 Å². The maximum absolute atomic E-state index is 13.6. The van der Waals surface area contributed by atoms with Gasteiger partial charge in [-0.1, -0.05) is 38.1 Å². The number of likely N-dealkylation sites (N-methyl/N-ethyl adjacent to an activating group) is 1. The third kappa shape index (κ3) is 9.66. The highest BCUT2D eigenvalue weighted by atomic mass is 32.2. The van der Waals surface area contributed by atoms with Crippen molar-refractivity contribution in [2.24, 2.45) is 11.1 Å². The molecule has 1 aliphatic rings. The molecule has 41 heavy (non-hydrogen) atoms. The molecule has 3 rings (SSSR count). The maximum Gasteiger partial charge on any atom is 0.501 e. The molecule has 8 nitrogen and oxygen atoms in total. The number of ether oxygens (including phenoxy) is 1. The van der Waals surface area contributed by atoms with Crippen molar-refractivity contribution in [2.45, 2.75) is 53.0 Å². The molecule has 0 amide bonds. The summed E-state index contributed by atoms with van der Waals surface area (Å²) in [5, 5.41) is 5.10. The van der Waals surface area contributed by atoms with Gasteiger partial charge >= 0.3 is 5.51 Å². The van der Waals surface area contributed by atoms with E-state index in [0.29, 0.717) is 31.4 Å². The summed E-state index contributed by atoms with van der Waals surface area (Å²) < 4.78 is 95.5. The van der Waals surface area contributed by atoms with Crippen LogP contribution in [0.3, 0.4) is 0 Å². The summed E-state index contributed by atoms with van der Waals surface area (Å²) >= 11 is 1.54. The summed E-state index contributed by atoms with van der Waals surface area (Å²) in [6.07, 6.45) is 0.665. The Morgan fingerprint density at radius 3 is 2.39 bits per heavy atom. The van der Waals surface area contributed by atoms with E-state index in [-0.39, 0.29) is 24.0 Å². The molecule has 2 atom stereocenters. The topological polar surface area (TPSA) is 110 Å². The fourth-order valence-corrected chi connectivity index (χ4v) is 7.48. The molecule has 14 heteroatoms. The van der Waals surface area contributed by atoms with Gasteiger partial charge in [0.05, 0.1) is 22.5 Å². The second-order valence-corrected chi connectivity index (χ2v) is 14.6. The van der Waals surface area contributed by atoms with Gasteiger partial charge < -0.3 is 9.64 Å². The first kappa shape index (κ1) is 33.8. The van der Waals surface area contributed by atoms with Gasteiger partial charge in [0, 0.05) is 30.3 Å². The van der Waals surface area contributed by atoms with Gasteiger partial charge in [0.25, 0.3) is 9.84 Å². The van der Waals surface area contributed by atoms with Crippen molar-refractivity contribution in [1.29, 1.82) is 0 Å². The number of rotatable bonds is 14. The van der Waals surface area contributed by atoms with Gasteiger partial charge in [0.1, 0.15) is 0 Å². The number of sulfone groups is 1. The van der Waals surface area contributed by atoms with Crippen LogP contribution in [0.2, 0.25) is 0 Å². The van der Waals surface area contributed by atoms with Gasteiger partial charge in [-0.2, -0.15) is 13.2 Å². The molecule has 2 N–H and O–H groups in total. The summed E-state index contributed by atoms with van der Waals surface area (Å²) in [5.74, 6) is 0.325.